The fourth-order valence-electron chi connectivity index (χ4n) is 5.82. The van der Waals surface area contributed by atoms with Crippen molar-refractivity contribution in [2.45, 2.75) is 18.5 Å². The van der Waals surface area contributed by atoms with Gasteiger partial charge >= 0.3 is 0 Å². The lowest BCUT2D eigenvalue weighted by molar-refractivity contribution is -0.133. The number of hydrogen-bond acceptors (Lipinski definition) is 10. The number of hydrogen-bond donors (Lipinski definition) is 1. The van der Waals surface area contributed by atoms with Gasteiger partial charge in [0.1, 0.15) is 6.54 Å². The summed E-state index contributed by atoms with van der Waals surface area (Å²) in [7, 11) is 4.22. The summed E-state index contributed by atoms with van der Waals surface area (Å²) in [6.45, 7) is 9.14. The van der Waals surface area contributed by atoms with Crippen molar-refractivity contribution in [2.24, 2.45) is 0 Å². The topological polar surface area (TPSA) is 117 Å². The molecule has 3 aliphatic rings. The van der Waals surface area contributed by atoms with Crippen LogP contribution in [0.15, 0.2) is 30.7 Å². The molecule has 13 nitrogen and oxygen atoms in total. The zero-order chi connectivity index (χ0) is 27.0. The van der Waals surface area contributed by atoms with Crippen molar-refractivity contribution < 1.29 is 4.79 Å². The first-order chi connectivity index (χ1) is 18.9. The molecule has 0 bridgehead atoms. The van der Waals surface area contributed by atoms with Crippen LogP contribution in [-0.2, 0) is 11.3 Å². The maximum atomic E-state index is 12.7. The highest BCUT2D eigenvalue weighted by Crippen LogP contribution is 2.37. The van der Waals surface area contributed by atoms with Crippen LogP contribution in [0.25, 0.3) is 5.65 Å². The molecule has 6 heterocycles. The Balaban J connectivity index is 1.12. The van der Waals surface area contributed by atoms with Gasteiger partial charge in [-0.3, -0.25) is 14.4 Å². The summed E-state index contributed by atoms with van der Waals surface area (Å²) in [6.07, 6.45) is 5.91. The van der Waals surface area contributed by atoms with Gasteiger partial charge in [0.15, 0.2) is 5.65 Å². The Kier molecular flexibility index (Phi) is 6.84. The number of piperazine rings is 2. The second-order valence-electron chi connectivity index (χ2n) is 11.0. The first-order valence-electron chi connectivity index (χ1n) is 13.6. The van der Waals surface area contributed by atoms with E-state index in [-0.39, 0.29) is 18.0 Å². The summed E-state index contributed by atoms with van der Waals surface area (Å²) in [4.78, 5) is 28.7. The van der Waals surface area contributed by atoms with Crippen molar-refractivity contribution in [3.05, 3.63) is 30.7 Å². The maximum Gasteiger partial charge on any atom is 0.247 e. The summed E-state index contributed by atoms with van der Waals surface area (Å²) in [5.74, 6) is 0.544. The number of nitrogens with one attached hydrogen (secondary N) is 1. The standard InChI is InChI=1S/C26H36N12O/c1-32-8-12-34(13-9-32)23(39)18-37-17-21(16-28-37)29-25-30-24-22(4-3-7-38(24)31-25)35-19-26(20-35,5-6-27)36-14-10-33(2)11-15-36/h3-4,7,16-17H,5,8-15,18-20H2,1-2H3,(H,29,31). The van der Waals surface area contributed by atoms with E-state index in [1.54, 1.807) is 15.4 Å². The summed E-state index contributed by atoms with van der Waals surface area (Å²) in [5, 5.41) is 21.8. The maximum absolute atomic E-state index is 12.7. The number of likely N-dealkylation sites (N-methyl/N-ethyl adjacent to an activating group) is 2. The van der Waals surface area contributed by atoms with Gasteiger partial charge in [-0.15, -0.1) is 5.10 Å². The number of nitrogens with zero attached hydrogens (tertiary/aromatic N) is 11. The minimum absolute atomic E-state index is 0.0758. The monoisotopic (exact) mass is 532 g/mol. The number of pyridine rings is 1. The quantitative estimate of drug-likeness (QED) is 0.451. The van der Waals surface area contributed by atoms with Crippen molar-refractivity contribution in [2.75, 3.05) is 89.8 Å². The van der Waals surface area contributed by atoms with E-state index < -0.39 is 0 Å². The molecule has 206 valence electrons. The number of carbonyl (C=O) groups is 1. The Bertz CT molecular complexity index is 1350. The van der Waals surface area contributed by atoms with E-state index in [0.29, 0.717) is 12.4 Å². The van der Waals surface area contributed by atoms with Gasteiger partial charge in [-0.2, -0.15) is 15.3 Å². The third kappa shape index (κ3) is 5.15. The second-order valence-corrected chi connectivity index (χ2v) is 11.0. The van der Waals surface area contributed by atoms with Crippen molar-refractivity contribution in [1.29, 1.82) is 5.26 Å². The van der Waals surface area contributed by atoms with Crippen LogP contribution >= 0.6 is 0 Å². The molecule has 3 aromatic heterocycles. The van der Waals surface area contributed by atoms with E-state index in [1.807, 2.05) is 23.4 Å². The number of carbonyl (C=O) groups excluding carboxylic acids is 1. The number of aromatic nitrogens is 5. The SMILES string of the molecule is CN1CCN(C(=O)Cn2cc(Nc3nc4c(N5CC(CC#N)(N6CCN(C)CC6)C5)cccn4n3)cn2)CC1. The van der Waals surface area contributed by atoms with Crippen LogP contribution in [0.3, 0.4) is 0 Å². The van der Waals surface area contributed by atoms with Gasteiger partial charge < -0.3 is 24.9 Å². The highest BCUT2D eigenvalue weighted by molar-refractivity contribution is 5.76. The molecule has 0 atom stereocenters. The molecule has 0 spiro atoms. The minimum atomic E-state index is -0.111. The summed E-state index contributed by atoms with van der Waals surface area (Å²) in [6, 6.07) is 6.48. The molecule has 0 aliphatic carbocycles. The average Bonchev–Trinajstić information content (AvgIpc) is 3.53. The Hall–Kier alpha value is -3.73. The highest BCUT2D eigenvalue weighted by atomic mass is 16.2. The van der Waals surface area contributed by atoms with Gasteiger partial charge in [-0.1, -0.05) is 0 Å². The lowest BCUT2D eigenvalue weighted by Crippen LogP contribution is -2.72. The summed E-state index contributed by atoms with van der Waals surface area (Å²) >= 11 is 0. The lowest BCUT2D eigenvalue weighted by atomic mass is 9.83. The van der Waals surface area contributed by atoms with Crippen LogP contribution in [0.1, 0.15) is 6.42 Å². The van der Waals surface area contributed by atoms with Crippen molar-refractivity contribution in [3.63, 3.8) is 0 Å². The van der Waals surface area contributed by atoms with Gasteiger partial charge in [-0.05, 0) is 26.2 Å². The van der Waals surface area contributed by atoms with Gasteiger partial charge in [0, 0.05) is 77.8 Å². The van der Waals surface area contributed by atoms with Crippen molar-refractivity contribution in [1.82, 2.24) is 44.0 Å². The van der Waals surface area contributed by atoms with Gasteiger partial charge in [0.25, 0.3) is 0 Å². The molecule has 1 N–H and O–H groups in total. The minimum Gasteiger partial charge on any atom is -0.365 e. The number of anilines is 3. The Morgan fingerprint density at radius 2 is 1.79 bits per heavy atom. The Morgan fingerprint density at radius 1 is 1.08 bits per heavy atom. The number of amides is 1. The van der Waals surface area contributed by atoms with E-state index >= 15 is 0 Å². The van der Waals surface area contributed by atoms with E-state index in [1.165, 1.54) is 0 Å². The molecule has 3 fully saturated rings. The number of rotatable bonds is 7. The molecule has 0 unspecified atom stereocenters. The molecular formula is C26H36N12O. The first-order valence-corrected chi connectivity index (χ1v) is 13.6. The second kappa shape index (κ2) is 10.4. The molecule has 0 saturated carbocycles. The summed E-state index contributed by atoms with van der Waals surface area (Å²) < 4.78 is 3.43. The largest absolute Gasteiger partial charge is 0.365 e. The highest BCUT2D eigenvalue weighted by Gasteiger charge is 2.48. The summed E-state index contributed by atoms with van der Waals surface area (Å²) in [5.41, 5.74) is 2.39. The first kappa shape index (κ1) is 25.5. The third-order valence-electron chi connectivity index (χ3n) is 8.28. The van der Waals surface area contributed by atoms with Crippen LogP contribution in [0.2, 0.25) is 0 Å². The van der Waals surface area contributed by atoms with Crippen molar-refractivity contribution >= 4 is 28.9 Å². The predicted molar refractivity (Wildman–Crippen MR) is 147 cm³/mol. The smallest absolute Gasteiger partial charge is 0.247 e. The average molecular weight is 533 g/mol. The van der Waals surface area contributed by atoms with Crippen molar-refractivity contribution in [3.8, 4) is 6.07 Å². The number of nitriles is 1. The molecule has 3 aromatic rings. The van der Waals surface area contributed by atoms with Crippen LogP contribution in [-0.4, -0.2) is 135 Å². The van der Waals surface area contributed by atoms with E-state index in [9.17, 15) is 10.1 Å². The van der Waals surface area contributed by atoms with E-state index in [2.05, 4.69) is 61.3 Å². The van der Waals surface area contributed by atoms with Gasteiger partial charge in [0.2, 0.25) is 11.9 Å². The van der Waals surface area contributed by atoms with E-state index in [0.717, 1.165) is 82.5 Å². The molecule has 6 rings (SSSR count). The molecule has 0 aromatic carbocycles. The van der Waals surface area contributed by atoms with Crippen LogP contribution in [0.4, 0.5) is 17.3 Å². The number of fused-ring (bicyclic) bond motifs is 1. The Morgan fingerprint density at radius 3 is 2.51 bits per heavy atom. The third-order valence-corrected chi connectivity index (χ3v) is 8.28. The molecule has 0 radical (unpaired) electrons. The fourth-order valence-corrected chi connectivity index (χ4v) is 5.82. The molecular weight excluding hydrogens is 496 g/mol. The molecule has 1 amide bonds. The van der Waals surface area contributed by atoms with E-state index in [4.69, 9.17) is 4.98 Å². The zero-order valence-electron chi connectivity index (χ0n) is 22.7. The van der Waals surface area contributed by atoms with Gasteiger partial charge in [0.05, 0.1) is 35.6 Å². The molecule has 3 aliphatic heterocycles. The van der Waals surface area contributed by atoms with Gasteiger partial charge in [-0.25, -0.2) is 4.52 Å². The predicted octanol–water partition coefficient (Wildman–Crippen LogP) is 0.163. The van der Waals surface area contributed by atoms with Crippen LogP contribution < -0.4 is 10.2 Å². The molecule has 13 heteroatoms. The normalized spacial score (nSPS) is 20.6. The molecule has 39 heavy (non-hydrogen) atoms. The Labute approximate surface area is 228 Å². The molecule has 3 saturated heterocycles. The van der Waals surface area contributed by atoms with Crippen LogP contribution in [0, 0.1) is 11.3 Å². The van der Waals surface area contributed by atoms with Crippen LogP contribution in [0.5, 0.6) is 0 Å². The lowest BCUT2D eigenvalue weighted by Gasteiger charge is -2.57. The fraction of sp³-hybridized carbons (Fsp3) is 0.577. The zero-order valence-corrected chi connectivity index (χ0v) is 22.7.